The van der Waals surface area contributed by atoms with Crippen molar-refractivity contribution in [3.8, 4) is 5.75 Å². The topological polar surface area (TPSA) is 93.8 Å². The summed E-state index contributed by atoms with van der Waals surface area (Å²) in [6.45, 7) is 8.04. The molecule has 0 bridgehead atoms. The summed E-state index contributed by atoms with van der Waals surface area (Å²) >= 11 is 6.56. The van der Waals surface area contributed by atoms with Gasteiger partial charge in [-0.3, -0.25) is 14.4 Å². The van der Waals surface area contributed by atoms with Crippen LogP contribution in [0, 0.1) is 10.8 Å². The van der Waals surface area contributed by atoms with Crippen molar-refractivity contribution in [2.45, 2.75) is 59.3 Å². The van der Waals surface area contributed by atoms with E-state index >= 15 is 0 Å². The van der Waals surface area contributed by atoms with Gasteiger partial charge in [-0.1, -0.05) is 27.7 Å². The summed E-state index contributed by atoms with van der Waals surface area (Å²) in [7, 11) is 0. The number of ketones is 2. The number of allylic oxidation sites excluding steroid dienone is 4. The standard InChI is InChI=1S/C26H24Br2O6/c1-25(2)6-13(29)19-16(8-25)34-17-9-26(3,4)7-14(30)20(17)18(19)11-10-33-15-5-12(27)24(32)22(28)21(15)23(11)31/h5,10,18,32H,6-9H2,1-4H3. The Labute approximate surface area is 213 Å². The largest absolute Gasteiger partial charge is 0.506 e. The number of phenols is 1. The van der Waals surface area contributed by atoms with E-state index in [0.29, 0.717) is 52.8 Å². The van der Waals surface area contributed by atoms with Crippen LogP contribution in [0.2, 0.25) is 0 Å². The zero-order valence-electron chi connectivity index (χ0n) is 19.3. The summed E-state index contributed by atoms with van der Waals surface area (Å²) in [6.07, 6.45) is 3.00. The highest BCUT2D eigenvalue weighted by Gasteiger charge is 2.48. The summed E-state index contributed by atoms with van der Waals surface area (Å²) in [5, 5.41) is 10.5. The summed E-state index contributed by atoms with van der Waals surface area (Å²) in [6, 6.07) is 1.52. The first-order chi connectivity index (χ1) is 15.8. The molecule has 0 spiro atoms. The molecule has 1 aromatic carbocycles. The fraction of sp³-hybridized carbons (Fsp3) is 0.423. The van der Waals surface area contributed by atoms with E-state index in [2.05, 4.69) is 31.9 Å². The summed E-state index contributed by atoms with van der Waals surface area (Å²) in [4.78, 5) is 40.6. The molecule has 0 amide bonds. The van der Waals surface area contributed by atoms with Gasteiger partial charge in [0.1, 0.15) is 22.9 Å². The molecule has 1 aliphatic heterocycles. The Morgan fingerprint density at radius 1 is 0.912 bits per heavy atom. The number of phenolic OH excluding ortho intramolecular Hbond substituents is 1. The Morgan fingerprint density at radius 3 is 1.97 bits per heavy atom. The predicted octanol–water partition coefficient (Wildman–Crippen LogP) is 6.42. The SMILES string of the molecule is CC1(C)CC(=O)C2=C(C1)OC1=C(C(=O)CC(C)(C)C1)C2c1coc2cc(Br)c(O)c(Br)c2c1=O. The third-order valence-electron chi connectivity index (χ3n) is 6.85. The average molecular weight is 592 g/mol. The van der Waals surface area contributed by atoms with E-state index in [0.717, 1.165) is 0 Å². The van der Waals surface area contributed by atoms with Crippen molar-refractivity contribution in [1.82, 2.24) is 0 Å². The van der Waals surface area contributed by atoms with Crippen LogP contribution in [0.5, 0.6) is 5.75 Å². The van der Waals surface area contributed by atoms with Gasteiger partial charge in [-0.05, 0) is 48.8 Å². The van der Waals surface area contributed by atoms with Crippen LogP contribution >= 0.6 is 31.9 Å². The molecule has 1 N–H and O–H groups in total. The Kier molecular flexibility index (Phi) is 5.30. The minimum atomic E-state index is -0.857. The van der Waals surface area contributed by atoms with Gasteiger partial charge in [0, 0.05) is 42.4 Å². The van der Waals surface area contributed by atoms with Crippen molar-refractivity contribution in [3.05, 3.63) is 59.7 Å². The number of benzene rings is 1. The van der Waals surface area contributed by atoms with E-state index < -0.39 is 11.3 Å². The molecular formula is C26H24Br2O6. The van der Waals surface area contributed by atoms with E-state index in [4.69, 9.17) is 9.15 Å². The molecule has 0 radical (unpaired) electrons. The van der Waals surface area contributed by atoms with Crippen LogP contribution in [0.25, 0.3) is 11.0 Å². The maximum atomic E-state index is 13.8. The molecule has 0 unspecified atom stereocenters. The number of ether oxygens (including phenoxy) is 1. The number of aromatic hydroxyl groups is 1. The lowest BCUT2D eigenvalue weighted by Gasteiger charge is -2.42. The zero-order valence-corrected chi connectivity index (χ0v) is 22.5. The number of halogens is 2. The van der Waals surface area contributed by atoms with Gasteiger partial charge in [0.05, 0.1) is 26.5 Å². The van der Waals surface area contributed by atoms with Crippen molar-refractivity contribution in [2.75, 3.05) is 0 Å². The van der Waals surface area contributed by atoms with Crippen molar-refractivity contribution < 1.29 is 23.8 Å². The molecule has 3 aliphatic rings. The lowest BCUT2D eigenvalue weighted by atomic mass is 9.66. The Balaban J connectivity index is 1.81. The van der Waals surface area contributed by atoms with Crippen LogP contribution in [0.3, 0.4) is 0 Å². The highest BCUT2D eigenvalue weighted by Crippen LogP contribution is 2.53. The van der Waals surface area contributed by atoms with Crippen LogP contribution in [0.4, 0.5) is 0 Å². The Morgan fingerprint density at radius 2 is 1.44 bits per heavy atom. The Hall–Kier alpha value is -2.19. The minimum Gasteiger partial charge on any atom is -0.506 e. The number of hydrogen-bond acceptors (Lipinski definition) is 6. The molecule has 2 heterocycles. The quantitative estimate of drug-likeness (QED) is 0.411. The van der Waals surface area contributed by atoms with Gasteiger partial charge in [0.2, 0.25) is 0 Å². The maximum absolute atomic E-state index is 13.8. The van der Waals surface area contributed by atoms with E-state index in [1.54, 1.807) is 0 Å². The summed E-state index contributed by atoms with van der Waals surface area (Å²) in [5.41, 5.74) is 0.221. The van der Waals surface area contributed by atoms with Gasteiger partial charge < -0.3 is 14.3 Å². The molecule has 5 rings (SSSR count). The average Bonchev–Trinajstić information content (AvgIpc) is 2.69. The molecular weight excluding hydrogens is 568 g/mol. The first kappa shape index (κ1) is 23.5. The molecule has 2 aliphatic carbocycles. The number of Topliss-reactive ketones (excluding diaryl/α,β-unsaturated/α-hetero) is 2. The van der Waals surface area contributed by atoms with E-state index in [9.17, 15) is 19.5 Å². The number of fused-ring (bicyclic) bond motifs is 1. The van der Waals surface area contributed by atoms with E-state index in [-0.39, 0.29) is 49.2 Å². The number of rotatable bonds is 1. The molecule has 0 saturated heterocycles. The molecule has 34 heavy (non-hydrogen) atoms. The van der Waals surface area contributed by atoms with E-state index in [1.807, 2.05) is 27.7 Å². The van der Waals surface area contributed by atoms with Crippen LogP contribution in [-0.4, -0.2) is 16.7 Å². The van der Waals surface area contributed by atoms with Crippen LogP contribution in [0.1, 0.15) is 64.9 Å². The molecule has 1 aromatic heterocycles. The number of hydrogen-bond donors (Lipinski definition) is 1. The van der Waals surface area contributed by atoms with Crippen molar-refractivity contribution in [1.29, 1.82) is 0 Å². The van der Waals surface area contributed by atoms with Crippen molar-refractivity contribution in [3.63, 3.8) is 0 Å². The zero-order chi connectivity index (χ0) is 24.7. The van der Waals surface area contributed by atoms with Crippen molar-refractivity contribution in [2.24, 2.45) is 10.8 Å². The third kappa shape index (κ3) is 3.61. The maximum Gasteiger partial charge on any atom is 0.198 e. The van der Waals surface area contributed by atoms with Gasteiger partial charge in [-0.15, -0.1) is 0 Å². The molecule has 0 fully saturated rings. The highest BCUT2D eigenvalue weighted by atomic mass is 79.9. The van der Waals surface area contributed by atoms with Crippen LogP contribution in [0.15, 0.2) is 53.2 Å². The normalized spacial score (nSPS) is 22.1. The molecule has 8 heteroatoms. The molecule has 178 valence electrons. The lowest BCUT2D eigenvalue weighted by Crippen LogP contribution is -2.38. The van der Waals surface area contributed by atoms with Gasteiger partial charge in [0.25, 0.3) is 0 Å². The van der Waals surface area contributed by atoms with Crippen LogP contribution < -0.4 is 5.43 Å². The smallest absolute Gasteiger partial charge is 0.198 e. The van der Waals surface area contributed by atoms with Gasteiger partial charge in [0.15, 0.2) is 17.0 Å². The number of carbonyl (C=O) groups is 2. The summed E-state index contributed by atoms with van der Waals surface area (Å²) < 4.78 is 12.7. The van der Waals surface area contributed by atoms with Crippen LogP contribution in [-0.2, 0) is 14.3 Å². The number of carbonyl (C=O) groups excluding carboxylic acids is 2. The highest BCUT2D eigenvalue weighted by molar-refractivity contribution is 9.11. The third-order valence-corrected chi connectivity index (χ3v) is 8.23. The second-order valence-electron chi connectivity index (χ2n) is 11.0. The van der Waals surface area contributed by atoms with Gasteiger partial charge in [-0.25, -0.2) is 0 Å². The fourth-order valence-corrected chi connectivity index (χ4v) is 6.66. The minimum absolute atomic E-state index is 0.127. The van der Waals surface area contributed by atoms with Gasteiger partial charge >= 0.3 is 0 Å². The fourth-order valence-electron chi connectivity index (χ4n) is 5.40. The molecule has 0 atom stereocenters. The predicted molar refractivity (Wildman–Crippen MR) is 133 cm³/mol. The lowest BCUT2D eigenvalue weighted by molar-refractivity contribution is -0.120. The monoisotopic (exact) mass is 590 g/mol. The van der Waals surface area contributed by atoms with Crippen molar-refractivity contribution >= 4 is 54.4 Å². The van der Waals surface area contributed by atoms with E-state index in [1.165, 1.54) is 12.3 Å². The molecule has 2 aromatic rings. The molecule has 0 saturated carbocycles. The molecule has 6 nitrogen and oxygen atoms in total. The first-order valence-electron chi connectivity index (χ1n) is 11.1. The second kappa shape index (κ2) is 7.65. The second-order valence-corrected chi connectivity index (χ2v) is 12.7. The summed E-state index contributed by atoms with van der Waals surface area (Å²) in [5.74, 6) is -0.172. The first-order valence-corrected chi connectivity index (χ1v) is 12.7. The van der Waals surface area contributed by atoms with Gasteiger partial charge in [-0.2, -0.15) is 0 Å². The Bertz CT molecular complexity index is 1370.